The Morgan fingerprint density at radius 2 is 2.31 bits per heavy atom. The molecule has 1 rings (SSSR count). The summed E-state index contributed by atoms with van der Waals surface area (Å²) in [7, 11) is 1.81. The summed E-state index contributed by atoms with van der Waals surface area (Å²) >= 11 is 0. The average molecular weight is 180 g/mol. The molecule has 0 aliphatic heterocycles. The van der Waals surface area contributed by atoms with E-state index in [1.165, 1.54) is 0 Å². The molecule has 0 N–H and O–H groups in total. The molecular weight excluding hydrogens is 164 g/mol. The van der Waals surface area contributed by atoms with Crippen LogP contribution in [0.15, 0.2) is 6.07 Å². The molecule has 0 unspecified atom stereocenters. The van der Waals surface area contributed by atoms with Gasteiger partial charge in [-0.2, -0.15) is 5.10 Å². The molecule has 3 heteroatoms. The van der Waals surface area contributed by atoms with Gasteiger partial charge in [-0.3, -0.25) is 9.48 Å². The zero-order valence-corrected chi connectivity index (χ0v) is 8.50. The summed E-state index contributed by atoms with van der Waals surface area (Å²) in [5.74, 6) is 0.199. The molecule has 0 aliphatic rings. The standard InChI is InChI=1S/C10H16N2O/c1-4-5-6-10(13)9-7-8(2)11-12(9)3/h7H,4-6H2,1-3H3. The first-order chi connectivity index (χ1) is 6.15. The summed E-state index contributed by atoms with van der Waals surface area (Å²) in [4.78, 5) is 11.6. The van der Waals surface area contributed by atoms with Crippen LogP contribution in [0.4, 0.5) is 0 Å². The van der Waals surface area contributed by atoms with Crippen molar-refractivity contribution in [1.82, 2.24) is 9.78 Å². The van der Waals surface area contributed by atoms with Crippen molar-refractivity contribution < 1.29 is 4.79 Å². The number of carbonyl (C=O) groups is 1. The van der Waals surface area contributed by atoms with Crippen molar-refractivity contribution in [3.63, 3.8) is 0 Å². The number of hydrogen-bond acceptors (Lipinski definition) is 2. The molecule has 1 heterocycles. The van der Waals surface area contributed by atoms with Crippen LogP contribution in [0.5, 0.6) is 0 Å². The third kappa shape index (κ3) is 2.41. The van der Waals surface area contributed by atoms with Crippen LogP contribution in [0.2, 0.25) is 0 Å². The minimum absolute atomic E-state index is 0.199. The topological polar surface area (TPSA) is 34.9 Å². The van der Waals surface area contributed by atoms with Crippen LogP contribution in [0.3, 0.4) is 0 Å². The Hall–Kier alpha value is -1.12. The molecule has 0 radical (unpaired) electrons. The van der Waals surface area contributed by atoms with Gasteiger partial charge in [-0.05, 0) is 19.4 Å². The fourth-order valence-electron chi connectivity index (χ4n) is 1.34. The predicted octanol–water partition coefficient (Wildman–Crippen LogP) is 2.10. The molecule has 0 fully saturated rings. The van der Waals surface area contributed by atoms with Crippen molar-refractivity contribution in [2.45, 2.75) is 33.1 Å². The summed E-state index contributed by atoms with van der Waals surface area (Å²) in [6, 6.07) is 1.85. The molecule has 3 nitrogen and oxygen atoms in total. The number of hydrogen-bond donors (Lipinski definition) is 0. The van der Waals surface area contributed by atoms with Gasteiger partial charge in [0.15, 0.2) is 5.78 Å². The Balaban J connectivity index is 2.70. The van der Waals surface area contributed by atoms with Gasteiger partial charge < -0.3 is 0 Å². The van der Waals surface area contributed by atoms with Gasteiger partial charge in [0, 0.05) is 13.5 Å². The van der Waals surface area contributed by atoms with Gasteiger partial charge in [0.1, 0.15) is 5.69 Å². The Kier molecular flexibility index (Phi) is 3.23. The van der Waals surface area contributed by atoms with Crippen molar-refractivity contribution in [3.8, 4) is 0 Å². The van der Waals surface area contributed by atoms with Gasteiger partial charge in [0.2, 0.25) is 0 Å². The third-order valence-corrected chi connectivity index (χ3v) is 2.05. The van der Waals surface area contributed by atoms with Crippen LogP contribution in [0.1, 0.15) is 42.4 Å². The van der Waals surface area contributed by atoms with Gasteiger partial charge in [-0.15, -0.1) is 0 Å². The van der Waals surface area contributed by atoms with Gasteiger partial charge in [-0.25, -0.2) is 0 Å². The molecule has 0 saturated heterocycles. The molecule has 0 spiro atoms. The van der Waals surface area contributed by atoms with E-state index in [0.717, 1.165) is 24.2 Å². The smallest absolute Gasteiger partial charge is 0.180 e. The first-order valence-electron chi connectivity index (χ1n) is 4.69. The molecule has 0 atom stereocenters. The number of Topliss-reactive ketones (excluding diaryl/α,β-unsaturated/α-hetero) is 1. The molecule has 1 aromatic rings. The van der Waals surface area contributed by atoms with Crippen molar-refractivity contribution in [2.24, 2.45) is 7.05 Å². The fourth-order valence-corrected chi connectivity index (χ4v) is 1.34. The van der Waals surface area contributed by atoms with E-state index in [0.29, 0.717) is 6.42 Å². The van der Waals surface area contributed by atoms with Gasteiger partial charge in [0.25, 0.3) is 0 Å². The molecule has 0 saturated carbocycles. The molecule has 0 aromatic carbocycles. The number of nitrogens with zero attached hydrogens (tertiary/aromatic N) is 2. The second-order valence-corrected chi connectivity index (χ2v) is 3.32. The highest BCUT2D eigenvalue weighted by Gasteiger charge is 2.10. The third-order valence-electron chi connectivity index (χ3n) is 2.05. The molecule has 0 amide bonds. The monoisotopic (exact) mass is 180 g/mol. The number of rotatable bonds is 4. The minimum atomic E-state index is 0.199. The van der Waals surface area contributed by atoms with E-state index in [9.17, 15) is 4.79 Å². The van der Waals surface area contributed by atoms with Crippen LogP contribution >= 0.6 is 0 Å². The first-order valence-corrected chi connectivity index (χ1v) is 4.69. The SMILES string of the molecule is CCCCC(=O)c1cc(C)nn1C. The van der Waals surface area contributed by atoms with Crippen LogP contribution < -0.4 is 0 Å². The Bertz CT molecular complexity index is 302. The van der Waals surface area contributed by atoms with Crippen LogP contribution in [0.25, 0.3) is 0 Å². The van der Waals surface area contributed by atoms with Gasteiger partial charge in [0.05, 0.1) is 5.69 Å². The van der Waals surface area contributed by atoms with Crippen molar-refractivity contribution in [2.75, 3.05) is 0 Å². The van der Waals surface area contributed by atoms with Crippen molar-refractivity contribution >= 4 is 5.78 Å². The molecule has 0 bridgehead atoms. The lowest BCUT2D eigenvalue weighted by atomic mass is 10.1. The maximum Gasteiger partial charge on any atom is 0.180 e. The Morgan fingerprint density at radius 3 is 2.77 bits per heavy atom. The maximum atomic E-state index is 11.6. The largest absolute Gasteiger partial charge is 0.292 e. The summed E-state index contributed by atoms with van der Waals surface area (Å²) in [5, 5.41) is 4.14. The Morgan fingerprint density at radius 1 is 1.62 bits per heavy atom. The predicted molar refractivity (Wildman–Crippen MR) is 51.8 cm³/mol. The van der Waals surface area contributed by atoms with Gasteiger partial charge in [-0.1, -0.05) is 13.3 Å². The van der Waals surface area contributed by atoms with E-state index in [1.54, 1.807) is 4.68 Å². The highest BCUT2D eigenvalue weighted by molar-refractivity contribution is 5.94. The molecule has 1 aromatic heterocycles. The lowest BCUT2D eigenvalue weighted by molar-refractivity contribution is 0.0970. The van der Waals surface area contributed by atoms with Crippen LogP contribution in [-0.2, 0) is 7.05 Å². The lowest BCUT2D eigenvalue weighted by Gasteiger charge is -1.98. The van der Waals surface area contributed by atoms with E-state index in [2.05, 4.69) is 12.0 Å². The van der Waals surface area contributed by atoms with E-state index < -0.39 is 0 Å². The quantitative estimate of drug-likeness (QED) is 0.665. The van der Waals surface area contributed by atoms with E-state index in [1.807, 2.05) is 20.0 Å². The summed E-state index contributed by atoms with van der Waals surface area (Å²) in [6.07, 6.45) is 2.65. The zero-order valence-electron chi connectivity index (χ0n) is 8.50. The zero-order chi connectivity index (χ0) is 9.84. The second-order valence-electron chi connectivity index (χ2n) is 3.32. The summed E-state index contributed by atoms with van der Waals surface area (Å²) in [6.45, 7) is 3.98. The normalized spacial score (nSPS) is 10.4. The van der Waals surface area contributed by atoms with E-state index >= 15 is 0 Å². The molecule has 72 valence electrons. The molecule has 13 heavy (non-hydrogen) atoms. The lowest BCUT2D eigenvalue weighted by Crippen LogP contribution is -2.06. The summed E-state index contributed by atoms with van der Waals surface area (Å²) in [5.41, 5.74) is 1.63. The fraction of sp³-hybridized carbons (Fsp3) is 0.600. The molecular formula is C10H16N2O. The first kappa shape index (κ1) is 9.96. The van der Waals surface area contributed by atoms with E-state index in [-0.39, 0.29) is 5.78 Å². The number of carbonyl (C=O) groups excluding carboxylic acids is 1. The van der Waals surface area contributed by atoms with Crippen LogP contribution in [-0.4, -0.2) is 15.6 Å². The number of aromatic nitrogens is 2. The second kappa shape index (κ2) is 4.21. The van der Waals surface area contributed by atoms with Crippen molar-refractivity contribution in [3.05, 3.63) is 17.5 Å². The maximum absolute atomic E-state index is 11.6. The number of unbranched alkanes of at least 4 members (excludes halogenated alkanes) is 1. The van der Waals surface area contributed by atoms with E-state index in [4.69, 9.17) is 0 Å². The van der Waals surface area contributed by atoms with Crippen molar-refractivity contribution in [1.29, 1.82) is 0 Å². The Labute approximate surface area is 78.8 Å². The minimum Gasteiger partial charge on any atom is -0.292 e. The summed E-state index contributed by atoms with van der Waals surface area (Å²) < 4.78 is 1.66. The average Bonchev–Trinajstić information content (AvgIpc) is 2.41. The van der Waals surface area contributed by atoms with Crippen LogP contribution in [0, 0.1) is 6.92 Å². The number of ketones is 1. The molecule has 0 aliphatic carbocycles. The highest BCUT2D eigenvalue weighted by atomic mass is 16.1. The highest BCUT2D eigenvalue weighted by Crippen LogP contribution is 2.07. The number of aryl methyl sites for hydroxylation is 2. The van der Waals surface area contributed by atoms with Gasteiger partial charge >= 0.3 is 0 Å².